The van der Waals surface area contributed by atoms with Crippen molar-refractivity contribution in [1.82, 2.24) is 34.6 Å². The molecule has 2 amide bonds. The van der Waals surface area contributed by atoms with Gasteiger partial charge in [0, 0.05) is 48.3 Å². The van der Waals surface area contributed by atoms with Crippen molar-refractivity contribution < 1.29 is 36.3 Å². The van der Waals surface area contributed by atoms with Crippen LogP contribution in [0.1, 0.15) is 34.8 Å². The topological polar surface area (TPSA) is 119 Å². The highest BCUT2D eigenvalue weighted by Gasteiger charge is 2.42. The van der Waals surface area contributed by atoms with E-state index < -0.39 is 30.8 Å². The van der Waals surface area contributed by atoms with Gasteiger partial charge in [0.25, 0.3) is 5.91 Å². The third-order valence-electron chi connectivity index (χ3n) is 7.95. The number of ether oxygens (including phenoxy) is 1. The van der Waals surface area contributed by atoms with Crippen molar-refractivity contribution in [2.75, 3.05) is 18.4 Å². The van der Waals surface area contributed by atoms with Crippen LogP contribution in [0.15, 0.2) is 79.4 Å². The minimum absolute atomic E-state index is 0.00857. The average Bonchev–Trinajstić information content (AvgIpc) is 3.68. The van der Waals surface area contributed by atoms with Crippen LogP contribution in [0.25, 0.3) is 16.9 Å². The zero-order valence-corrected chi connectivity index (χ0v) is 26.2. The number of aromatic nitrogens is 5. The molecule has 17 heteroatoms. The fourth-order valence-electron chi connectivity index (χ4n) is 5.65. The molecule has 1 atom stereocenters. The summed E-state index contributed by atoms with van der Waals surface area (Å²) in [5.41, 5.74) is 0.545. The van der Waals surface area contributed by atoms with E-state index in [1.165, 1.54) is 63.0 Å². The Morgan fingerprint density at radius 3 is 2.53 bits per heavy atom. The molecule has 6 rings (SSSR count). The van der Waals surface area contributed by atoms with Crippen LogP contribution >= 0.6 is 11.6 Å². The third-order valence-corrected chi connectivity index (χ3v) is 8.19. The Morgan fingerprint density at radius 2 is 1.82 bits per heavy atom. The number of carbonyl (C=O) groups is 2. The van der Waals surface area contributed by atoms with Gasteiger partial charge in [-0.25, -0.2) is 9.50 Å². The van der Waals surface area contributed by atoms with E-state index in [1.807, 2.05) is 0 Å². The lowest BCUT2D eigenvalue weighted by Crippen LogP contribution is -2.48. The van der Waals surface area contributed by atoms with Gasteiger partial charge in [0.2, 0.25) is 5.91 Å². The second kappa shape index (κ2) is 14.2. The van der Waals surface area contributed by atoms with Gasteiger partial charge in [-0.15, -0.1) is 0 Å². The van der Waals surface area contributed by atoms with Crippen molar-refractivity contribution in [2.24, 2.45) is 0 Å². The van der Waals surface area contributed by atoms with Gasteiger partial charge in [-0.2, -0.15) is 32.1 Å². The summed E-state index contributed by atoms with van der Waals surface area (Å²) in [6, 6.07) is 10.8. The molecule has 1 aliphatic heterocycles. The minimum atomic E-state index is -4.51. The highest BCUT2D eigenvalue weighted by molar-refractivity contribution is 6.31. The maximum atomic E-state index is 13.9. The quantitative estimate of drug-likeness (QED) is 0.172. The molecule has 11 nitrogen and oxygen atoms in total. The molecular formula is C32H28ClF5N8O3. The summed E-state index contributed by atoms with van der Waals surface area (Å²) in [6.45, 7) is -3.12. The second-order valence-corrected chi connectivity index (χ2v) is 11.7. The summed E-state index contributed by atoms with van der Waals surface area (Å²) in [5, 5.41) is 14.1. The normalized spacial score (nSPS) is 14.7. The Morgan fingerprint density at radius 1 is 1.06 bits per heavy atom. The van der Waals surface area contributed by atoms with Gasteiger partial charge in [0.15, 0.2) is 5.65 Å². The molecule has 0 aliphatic carbocycles. The zero-order chi connectivity index (χ0) is 34.7. The first kappa shape index (κ1) is 33.8. The van der Waals surface area contributed by atoms with Crippen LogP contribution in [-0.2, 0) is 11.3 Å². The van der Waals surface area contributed by atoms with Crippen LogP contribution in [0.5, 0.6) is 5.75 Å². The average molecular weight is 703 g/mol. The summed E-state index contributed by atoms with van der Waals surface area (Å²) in [6.07, 6.45) is 1.81. The predicted octanol–water partition coefficient (Wildman–Crippen LogP) is 5.98. The molecule has 0 bridgehead atoms. The van der Waals surface area contributed by atoms with Crippen LogP contribution in [-0.4, -0.2) is 73.0 Å². The number of rotatable bonds is 10. The SMILES string of the molecule is O=C(Nc1cn(CC(=O)N2CCC(NC(c3ccccc3)C(F)(F)F)CC2)nc1-c1cc(Cl)ccc1OC(F)F)c1cnn2cccnc12. The predicted molar refractivity (Wildman–Crippen MR) is 168 cm³/mol. The molecule has 256 valence electrons. The molecule has 1 aliphatic rings. The number of nitrogens with one attached hydrogen (secondary N) is 2. The van der Waals surface area contributed by atoms with Crippen molar-refractivity contribution >= 4 is 34.7 Å². The Hall–Kier alpha value is -5.09. The molecule has 0 radical (unpaired) electrons. The minimum Gasteiger partial charge on any atom is -0.434 e. The molecule has 2 N–H and O–H groups in total. The number of hydrogen-bond acceptors (Lipinski definition) is 7. The first-order chi connectivity index (χ1) is 23.5. The molecule has 1 saturated heterocycles. The van der Waals surface area contributed by atoms with Gasteiger partial charge in [-0.1, -0.05) is 41.9 Å². The van der Waals surface area contributed by atoms with Gasteiger partial charge >= 0.3 is 12.8 Å². The highest BCUT2D eigenvalue weighted by atomic mass is 35.5. The number of piperidine rings is 1. The van der Waals surface area contributed by atoms with Crippen LogP contribution in [0, 0.1) is 0 Å². The van der Waals surface area contributed by atoms with Crippen molar-refractivity contribution in [3.05, 3.63) is 95.5 Å². The number of fused-ring (bicyclic) bond motifs is 1. The lowest BCUT2D eigenvalue weighted by molar-refractivity contribution is -0.161. The van der Waals surface area contributed by atoms with Crippen molar-refractivity contribution in [2.45, 2.75) is 44.3 Å². The van der Waals surface area contributed by atoms with E-state index in [-0.39, 0.29) is 82.9 Å². The molecule has 2 aromatic carbocycles. The van der Waals surface area contributed by atoms with E-state index in [1.54, 1.807) is 30.5 Å². The number of likely N-dealkylation sites (tertiary alicyclic amines) is 1. The Balaban J connectivity index is 1.20. The van der Waals surface area contributed by atoms with E-state index in [2.05, 4.69) is 30.6 Å². The number of carbonyl (C=O) groups excluding carboxylic acids is 2. The van der Waals surface area contributed by atoms with Gasteiger partial charge in [-0.05, 0) is 42.7 Å². The van der Waals surface area contributed by atoms with Gasteiger partial charge in [-0.3, -0.25) is 19.6 Å². The first-order valence-electron chi connectivity index (χ1n) is 15.0. The van der Waals surface area contributed by atoms with E-state index in [9.17, 15) is 31.5 Å². The zero-order valence-electron chi connectivity index (χ0n) is 25.4. The Labute approximate surface area is 280 Å². The van der Waals surface area contributed by atoms with Crippen LogP contribution in [0.2, 0.25) is 5.02 Å². The highest BCUT2D eigenvalue weighted by Crippen LogP contribution is 2.37. The number of benzene rings is 2. The van der Waals surface area contributed by atoms with Crippen LogP contribution < -0.4 is 15.4 Å². The van der Waals surface area contributed by atoms with Gasteiger partial charge < -0.3 is 15.0 Å². The lowest BCUT2D eigenvalue weighted by Gasteiger charge is -2.35. The van der Waals surface area contributed by atoms with Gasteiger partial charge in [0.1, 0.15) is 29.6 Å². The number of alkyl halides is 5. The molecule has 0 saturated carbocycles. The Kier molecular flexibility index (Phi) is 9.78. The molecule has 1 fully saturated rings. The fraction of sp³-hybridized carbons (Fsp3) is 0.281. The second-order valence-electron chi connectivity index (χ2n) is 11.2. The summed E-state index contributed by atoms with van der Waals surface area (Å²) >= 11 is 6.19. The summed E-state index contributed by atoms with van der Waals surface area (Å²) in [7, 11) is 0. The third kappa shape index (κ3) is 7.81. The van der Waals surface area contributed by atoms with Crippen molar-refractivity contribution in [3.8, 4) is 17.0 Å². The van der Waals surface area contributed by atoms with Crippen molar-refractivity contribution in [1.29, 1.82) is 0 Å². The molecule has 3 aromatic heterocycles. The van der Waals surface area contributed by atoms with Gasteiger partial charge in [0.05, 0.1) is 11.9 Å². The molecule has 5 aromatic rings. The maximum Gasteiger partial charge on any atom is 0.407 e. The first-order valence-corrected chi connectivity index (χ1v) is 15.4. The molecule has 0 spiro atoms. The van der Waals surface area contributed by atoms with Crippen LogP contribution in [0.4, 0.5) is 27.6 Å². The summed E-state index contributed by atoms with van der Waals surface area (Å²) < 4.78 is 75.6. The molecular weight excluding hydrogens is 675 g/mol. The Bertz CT molecular complexity index is 1940. The number of halogens is 6. The van der Waals surface area contributed by atoms with E-state index in [0.29, 0.717) is 0 Å². The van der Waals surface area contributed by atoms with E-state index >= 15 is 0 Å². The molecule has 1 unspecified atom stereocenters. The van der Waals surface area contributed by atoms with Crippen LogP contribution in [0.3, 0.4) is 0 Å². The van der Waals surface area contributed by atoms with Crippen molar-refractivity contribution in [3.63, 3.8) is 0 Å². The molecule has 4 heterocycles. The summed E-state index contributed by atoms with van der Waals surface area (Å²) in [4.78, 5) is 32.4. The largest absolute Gasteiger partial charge is 0.434 e. The number of amides is 2. The number of nitrogens with zero attached hydrogens (tertiary/aromatic N) is 6. The standard InChI is InChI=1S/C32H28ClF5N8O3/c33-20-7-8-25(49-31(34)35)22(15-20)27-24(42-30(48)23-16-40-46-12-4-11-39-29(23)46)17-45(43-27)18-26(47)44-13-9-21(10-14-44)41-28(32(36,37)38)19-5-2-1-3-6-19/h1-8,11-12,15-17,21,28,31,41H,9-10,13-14,18H2,(H,42,48). The fourth-order valence-corrected chi connectivity index (χ4v) is 5.82. The maximum absolute atomic E-state index is 13.9. The smallest absolute Gasteiger partial charge is 0.407 e. The summed E-state index contributed by atoms with van der Waals surface area (Å²) in [5.74, 6) is -1.30. The number of anilines is 1. The van der Waals surface area contributed by atoms with E-state index in [4.69, 9.17) is 11.6 Å². The lowest BCUT2D eigenvalue weighted by atomic mass is 10.0. The molecule has 49 heavy (non-hydrogen) atoms. The van der Waals surface area contributed by atoms with E-state index in [0.717, 1.165) is 0 Å². The number of hydrogen-bond donors (Lipinski definition) is 2. The monoisotopic (exact) mass is 702 g/mol.